The van der Waals surface area contributed by atoms with Crippen molar-refractivity contribution in [1.29, 1.82) is 0 Å². The van der Waals surface area contributed by atoms with Gasteiger partial charge in [0.1, 0.15) is 5.75 Å². The van der Waals surface area contributed by atoms with Crippen LogP contribution in [0.25, 0.3) is 0 Å². The second-order valence-corrected chi connectivity index (χ2v) is 5.38. The molecule has 2 N–H and O–H groups in total. The van der Waals surface area contributed by atoms with Crippen molar-refractivity contribution in [3.8, 4) is 5.75 Å². The van der Waals surface area contributed by atoms with Gasteiger partial charge in [-0.1, -0.05) is 12.1 Å². The maximum absolute atomic E-state index is 12.0. The molecule has 0 amide bonds. The van der Waals surface area contributed by atoms with Gasteiger partial charge in [0, 0.05) is 25.9 Å². The Morgan fingerprint density at radius 3 is 2.45 bits per heavy atom. The number of thioether (sulfide) groups is 1. The quantitative estimate of drug-likeness (QED) is 0.457. The average Bonchev–Trinajstić information content (AvgIpc) is 2.49. The fourth-order valence-corrected chi connectivity index (χ4v) is 1.85. The molecule has 22 heavy (non-hydrogen) atoms. The fraction of sp³-hybridized carbons (Fsp3) is 0.500. The third kappa shape index (κ3) is 8.02. The lowest BCUT2D eigenvalue weighted by molar-refractivity contribution is -0.153. The van der Waals surface area contributed by atoms with Gasteiger partial charge in [0.25, 0.3) is 0 Å². The third-order valence-corrected chi connectivity index (χ3v) is 3.22. The zero-order chi connectivity index (χ0) is 16.4. The van der Waals surface area contributed by atoms with Crippen LogP contribution >= 0.6 is 11.8 Å². The molecule has 8 heteroatoms. The second-order valence-electron chi connectivity index (χ2n) is 4.39. The van der Waals surface area contributed by atoms with Gasteiger partial charge < -0.3 is 15.4 Å². The van der Waals surface area contributed by atoms with E-state index >= 15 is 0 Å². The molecule has 0 spiro atoms. The molecule has 0 atom stereocenters. The number of rotatable bonds is 7. The van der Waals surface area contributed by atoms with Gasteiger partial charge in [0.05, 0.1) is 0 Å². The topological polar surface area (TPSA) is 45.7 Å². The van der Waals surface area contributed by atoms with E-state index in [9.17, 15) is 13.2 Å². The first-order valence-corrected chi connectivity index (χ1v) is 8.06. The number of guanidine groups is 1. The molecule has 0 fully saturated rings. The Morgan fingerprint density at radius 2 is 1.91 bits per heavy atom. The lowest BCUT2D eigenvalue weighted by Crippen LogP contribution is -2.37. The number of halogens is 3. The van der Waals surface area contributed by atoms with Crippen LogP contribution in [0.5, 0.6) is 5.75 Å². The Morgan fingerprint density at radius 1 is 1.23 bits per heavy atom. The first kappa shape index (κ1) is 18.5. The number of alkyl halides is 3. The van der Waals surface area contributed by atoms with Gasteiger partial charge in [0.2, 0.25) is 0 Å². The Balaban J connectivity index is 2.40. The number of nitrogens with zero attached hydrogens (tertiary/aromatic N) is 1. The highest BCUT2D eigenvalue weighted by molar-refractivity contribution is 7.98. The molecule has 0 bridgehead atoms. The van der Waals surface area contributed by atoms with E-state index in [1.165, 1.54) is 12.1 Å². The zero-order valence-corrected chi connectivity index (χ0v) is 13.4. The summed E-state index contributed by atoms with van der Waals surface area (Å²) in [5.41, 5.74) is 0.923. The van der Waals surface area contributed by atoms with E-state index in [2.05, 4.69) is 20.4 Å². The normalized spacial score (nSPS) is 12.1. The van der Waals surface area contributed by atoms with E-state index in [1.54, 1.807) is 30.9 Å². The standard InChI is InChI=1S/C14H20F3N3OS/c1-18-13(19-7-8-22-2)20-9-11-3-5-12(6-4-11)21-10-14(15,16)17/h3-6H,7-10H2,1-2H3,(H2,18,19,20). The molecule has 0 unspecified atom stereocenters. The monoisotopic (exact) mass is 335 g/mol. The Hall–Kier alpha value is -1.57. The van der Waals surface area contributed by atoms with Gasteiger partial charge >= 0.3 is 6.18 Å². The molecular formula is C14H20F3N3OS. The zero-order valence-electron chi connectivity index (χ0n) is 12.5. The molecule has 1 aromatic carbocycles. The van der Waals surface area contributed by atoms with Crippen LogP contribution in [-0.2, 0) is 6.54 Å². The van der Waals surface area contributed by atoms with Crippen molar-refractivity contribution in [3.63, 3.8) is 0 Å². The summed E-state index contributed by atoms with van der Waals surface area (Å²) < 4.78 is 40.8. The fourth-order valence-electron chi connectivity index (χ4n) is 1.55. The van der Waals surface area contributed by atoms with Crippen LogP contribution in [0.2, 0.25) is 0 Å². The van der Waals surface area contributed by atoms with Crippen molar-refractivity contribution in [3.05, 3.63) is 29.8 Å². The Kier molecular flexibility index (Phi) is 7.94. The van der Waals surface area contributed by atoms with Crippen molar-refractivity contribution in [2.45, 2.75) is 12.7 Å². The summed E-state index contributed by atoms with van der Waals surface area (Å²) in [7, 11) is 1.68. The van der Waals surface area contributed by atoms with Crippen molar-refractivity contribution >= 4 is 17.7 Å². The summed E-state index contributed by atoms with van der Waals surface area (Å²) >= 11 is 1.74. The minimum Gasteiger partial charge on any atom is -0.484 e. The number of ether oxygens (including phenoxy) is 1. The minimum atomic E-state index is -4.32. The first-order valence-electron chi connectivity index (χ1n) is 6.66. The molecule has 1 rings (SSSR count). The number of benzene rings is 1. The van der Waals surface area contributed by atoms with Gasteiger partial charge in [0.15, 0.2) is 12.6 Å². The predicted octanol–water partition coefficient (Wildman–Crippen LogP) is 2.66. The lowest BCUT2D eigenvalue weighted by atomic mass is 10.2. The smallest absolute Gasteiger partial charge is 0.422 e. The Labute approximate surface area is 132 Å². The Bertz CT molecular complexity index is 463. The van der Waals surface area contributed by atoms with Crippen LogP contribution in [0.1, 0.15) is 5.56 Å². The molecular weight excluding hydrogens is 315 g/mol. The van der Waals surface area contributed by atoms with E-state index < -0.39 is 12.8 Å². The summed E-state index contributed by atoms with van der Waals surface area (Å²) in [6.07, 6.45) is -2.30. The van der Waals surface area contributed by atoms with Gasteiger partial charge in [-0.25, -0.2) is 0 Å². The summed E-state index contributed by atoms with van der Waals surface area (Å²) in [6, 6.07) is 6.47. The molecule has 1 aromatic rings. The molecule has 0 heterocycles. The predicted molar refractivity (Wildman–Crippen MR) is 84.6 cm³/mol. The summed E-state index contributed by atoms with van der Waals surface area (Å²) in [5.74, 6) is 1.86. The van der Waals surface area contributed by atoms with Crippen LogP contribution in [-0.4, -0.2) is 44.3 Å². The highest BCUT2D eigenvalue weighted by Gasteiger charge is 2.28. The molecule has 0 saturated heterocycles. The van der Waals surface area contributed by atoms with E-state index in [-0.39, 0.29) is 5.75 Å². The lowest BCUT2D eigenvalue weighted by Gasteiger charge is -2.12. The average molecular weight is 335 g/mol. The van der Waals surface area contributed by atoms with Crippen molar-refractivity contribution in [2.75, 3.05) is 32.2 Å². The minimum absolute atomic E-state index is 0.198. The van der Waals surface area contributed by atoms with Crippen molar-refractivity contribution in [2.24, 2.45) is 4.99 Å². The molecule has 0 aromatic heterocycles. The maximum atomic E-state index is 12.0. The van der Waals surface area contributed by atoms with Crippen LogP contribution < -0.4 is 15.4 Å². The number of hydrogen-bond acceptors (Lipinski definition) is 3. The maximum Gasteiger partial charge on any atom is 0.422 e. The number of hydrogen-bond donors (Lipinski definition) is 2. The van der Waals surface area contributed by atoms with Gasteiger partial charge in [-0.05, 0) is 24.0 Å². The van der Waals surface area contributed by atoms with Gasteiger partial charge in [-0.3, -0.25) is 4.99 Å². The van der Waals surface area contributed by atoms with E-state index in [0.29, 0.717) is 12.5 Å². The van der Waals surface area contributed by atoms with Crippen LogP contribution in [0.4, 0.5) is 13.2 Å². The highest BCUT2D eigenvalue weighted by atomic mass is 32.2. The largest absolute Gasteiger partial charge is 0.484 e. The molecule has 0 aliphatic carbocycles. The molecule has 0 aliphatic rings. The highest BCUT2D eigenvalue weighted by Crippen LogP contribution is 2.18. The molecule has 0 aliphatic heterocycles. The summed E-state index contributed by atoms with van der Waals surface area (Å²) in [6.45, 7) is 0.0557. The van der Waals surface area contributed by atoms with Gasteiger partial charge in [-0.15, -0.1) is 0 Å². The SMILES string of the molecule is CN=C(NCCSC)NCc1ccc(OCC(F)(F)F)cc1. The number of aliphatic imine (C=N–C) groups is 1. The molecule has 0 saturated carbocycles. The van der Waals surface area contributed by atoms with Crippen LogP contribution in [0.3, 0.4) is 0 Å². The third-order valence-electron chi connectivity index (χ3n) is 2.61. The van der Waals surface area contributed by atoms with E-state index in [1.807, 2.05) is 6.26 Å². The van der Waals surface area contributed by atoms with Crippen LogP contribution in [0.15, 0.2) is 29.3 Å². The van der Waals surface area contributed by atoms with Gasteiger partial charge in [-0.2, -0.15) is 24.9 Å². The molecule has 4 nitrogen and oxygen atoms in total. The van der Waals surface area contributed by atoms with E-state index in [4.69, 9.17) is 0 Å². The van der Waals surface area contributed by atoms with Crippen molar-refractivity contribution < 1.29 is 17.9 Å². The summed E-state index contributed by atoms with van der Waals surface area (Å²) in [4.78, 5) is 4.08. The van der Waals surface area contributed by atoms with E-state index in [0.717, 1.165) is 17.9 Å². The van der Waals surface area contributed by atoms with Crippen LogP contribution in [0, 0.1) is 0 Å². The summed E-state index contributed by atoms with van der Waals surface area (Å²) in [5, 5.41) is 6.29. The molecule has 124 valence electrons. The number of nitrogens with one attached hydrogen (secondary N) is 2. The van der Waals surface area contributed by atoms with Crippen molar-refractivity contribution in [1.82, 2.24) is 10.6 Å². The second kappa shape index (κ2) is 9.45. The first-order chi connectivity index (χ1) is 10.4. The molecule has 0 radical (unpaired) electrons.